The van der Waals surface area contributed by atoms with Gasteiger partial charge in [0.1, 0.15) is 0 Å². The minimum atomic E-state index is -0.878. The molecule has 0 aliphatic heterocycles. The molecule has 0 saturated heterocycles. The molecule has 5 heteroatoms. The van der Waals surface area contributed by atoms with Gasteiger partial charge < -0.3 is 9.52 Å². The summed E-state index contributed by atoms with van der Waals surface area (Å²) in [5.41, 5.74) is 1.61. The zero-order valence-electron chi connectivity index (χ0n) is 9.56. The molecule has 1 aromatic carbocycles. The van der Waals surface area contributed by atoms with Gasteiger partial charge in [-0.3, -0.25) is 9.78 Å². The number of carbonyl (C=O) groups is 1. The van der Waals surface area contributed by atoms with Gasteiger partial charge in [-0.1, -0.05) is 19.9 Å². The Morgan fingerprint density at radius 1 is 1.41 bits per heavy atom. The lowest BCUT2D eigenvalue weighted by atomic mass is 9.88. The molecule has 0 amide bonds. The van der Waals surface area contributed by atoms with Crippen LogP contribution in [0.5, 0.6) is 0 Å². The molecule has 90 valence electrons. The molecule has 2 aromatic rings. The maximum Gasteiger partial charge on any atom is 0.417 e. The van der Waals surface area contributed by atoms with Crippen molar-refractivity contribution in [2.75, 3.05) is 0 Å². The summed E-state index contributed by atoms with van der Waals surface area (Å²) in [5.74, 6) is -2.04. The Morgan fingerprint density at radius 2 is 2.12 bits per heavy atom. The molecule has 5 nitrogen and oxygen atoms in total. The van der Waals surface area contributed by atoms with Crippen LogP contribution >= 0.6 is 0 Å². The Morgan fingerprint density at radius 3 is 2.71 bits per heavy atom. The number of oxazole rings is 1. The van der Waals surface area contributed by atoms with Crippen molar-refractivity contribution in [2.24, 2.45) is 5.92 Å². The number of H-pyrrole nitrogens is 1. The van der Waals surface area contributed by atoms with E-state index in [1.165, 1.54) is 0 Å². The van der Waals surface area contributed by atoms with E-state index in [9.17, 15) is 14.7 Å². The molecule has 2 N–H and O–H groups in total. The number of fused-ring (bicyclic) bond motifs is 1. The minimum Gasteiger partial charge on any atom is -0.481 e. The van der Waals surface area contributed by atoms with E-state index in [0.717, 1.165) is 0 Å². The van der Waals surface area contributed by atoms with E-state index in [1.807, 2.05) is 13.8 Å². The Labute approximate surface area is 97.1 Å². The first kappa shape index (κ1) is 11.4. The van der Waals surface area contributed by atoms with E-state index >= 15 is 0 Å². The van der Waals surface area contributed by atoms with Crippen molar-refractivity contribution < 1.29 is 14.3 Å². The molecule has 1 aromatic heterocycles. The Balaban J connectivity index is 2.54. The average Bonchev–Trinajstić information content (AvgIpc) is 2.56. The fraction of sp³-hybridized carbons (Fsp3) is 0.333. The summed E-state index contributed by atoms with van der Waals surface area (Å²) in [6.45, 7) is 3.69. The van der Waals surface area contributed by atoms with Gasteiger partial charge in [-0.05, 0) is 23.6 Å². The Bertz CT molecular complexity index is 608. The quantitative estimate of drug-likeness (QED) is 0.851. The molecule has 0 saturated carbocycles. The van der Waals surface area contributed by atoms with Gasteiger partial charge in [-0.2, -0.15) is 0 Å². The first-order valence-corrected chi connectivity index (χ1v) is 5.34. The molecular formula is C12H13NO4. The molecule has 1 atom stereocenters. The monoisotopic (exact) mass is 235 g/mol. The molecular weight excluding hydrogens is 222 g/mol. The van der Waals surface area contributed by atoms with E-state index < -0.39 is 17.6 Å². The smallest absolute Gasteiger partial charge is 0.417 e. The van der Waals surface area contributed by atoms with Gasteiger partial charge in [-0.25, -0.2) is 4.79 Å². The van der Waals surface area contributed by atoms with E-state index in [-0.39, 0.29) is 5.92 Å². The molecule has 0 radical (unpaired) electrons. The lowest BCUT2D eigenvalue weighted by Crippen LogP contribution is -2.17. The highest BCUT2D eigenvalue weighted by Crippen LogP contribution is 2.26. The average molecular weight is 235 g/mol. The van der Waals surface area contributed by atoms with Gasteiger partial charge in [0.05, 0.1) is 11.4 Å². The maximum atomic E-state index is 11.2. The highest BCUT2D eigenvalue weighted by Gasteiger charge is 2.24. The maximum absolute atomic E-state index is 11.2. The zero-order chi connectivity index (χ0) is 12.6. The van der Waals surface area contributed by atoms with Crippen LogP contribution in [0.15, 0.2) is 27.4 Å². The second-order valence-electron chi connectivity index (χ2n) is 4.33. The van der Waals surface area contributed by atoms with Gasteiger partial charge in [0.15, 0.2) is 5.58 Å². The minimum absolute atomic E-state index is 0.0318. The summed E-state index contributed by atoms with van der Waals surface area (Å²) < 4.78 is 4.91. The number of benzene rings is 1. The van der Waals surface area contributed by atoms with Crippen LogP contribution in [0.25, 0.3) is 11.1 Å². The molecule has 17 heavy (non-hydrogen) atoms. The lowest BCUT2D eigenvalue weighted by molar-refractivity contribution is -0.139. The highest BCUT2D eigenvalue weighted by molar-refractivity contribution is 5.80. The standard InChI is InChI=1S/C12H13NO4/c1-6(2)10(11(14)15)7-3-4-8-9(5-7)17-12(16)13-8/h3-6,10H,1-2H3,(H,13,16)(H,14,15). The molecule has 0 aliphatic rings. The topological polar surface area (TPSA) is 83.3 Å². The molecule has 0 aliphatic carbocycles. The van der Waals surface area contributed by atoms with Crippen LogP contribution in [0.4, 0.5) is 0 Å². The number of rotatable bonds is 3. The fourth-order valence-electron chi connectivity index (χ4n) is 1.97. The molecule has 2 rings (SSSR count). The summed E-state index contributed by atoms with van der Waals surface area (Å²) in [4.78, 5) is 24.7. The van der Waals surface area contributed by atoms with Crippen LogP contribution in [-0.4, -0.2) is 16.1 Å². The number of hydrogen-bond acceptors (Lipinski definition) is 3. The predicted molar refractivity (Wildman–Crippen MR) is 62.0 cm³/mol. The van der Waals surface area contributed by atoms with Crippen molar-refractivity contribution in [3.05, 3.63) is 34.3 Å². The summed E-state index contributed by atoms with van der Waals surface area (Å²) in [5, 5.41) is 9.17. The van der Waals surface area contributed by atoms with Gasteiger partial charge in [-0.15, -0.1) is 0 Å². The third-order valence-corrected chi connectivity index (χ3v) is 2.74. The zero-order valence-corrected chi connectivity index (χ0v) is 9.56. The Kier molecular flexibility index (Phi) is 2.75. The number of nitrogens with one attached hydrogen (secondary N) is 1. The first-order chi connectivity index (χ1) is 7.99. The number of carboxylic acid groups (broad SMARTS) is 1. The lowest BCUT2D eigenvalue weighted by Gasteiger charge is -2.16. The van der Waals surface area contributed by atoms with Gasteiger partial charge in [0.2, 0.25) is 0 Å². The second kappa shape index (κ2) is 4.08. The van der Waals surface area contributed by atoms with Gasteiger partial charge >= 0.3 is 11.7 Å². The normalized spacial score (nSPS) is 13.1. The second-order valence-corrected chi connectivity index (χ2v) is 4.33. The van der Waals surface area contributed by atoms with E-state index in [1.54, 1.807) is 18.2 Å². The number of aliphatic carboxylic acids is 1. The number of carboxylic acids is 1. The van der Waals surface area contributed by atoms with Crippen molar-refractivity contribution in [1.82, 2.24) is 4.98 Å². The van der Waals surface area contributed by atoms with Crippen molar-refractivity contribution in [2.45, 2.75) is 19.8 Å². The van der Waals surface area contributed by atoms with Crippen LogP contribution in [0, 0.1) is 5.92 Å². The molecule has 0 fully saturated rings. The molecule has 0 bridgehead atoms. The third-order valence-electron chi connectivity index (χ3n) is 2.74. The number of aromatic nitrogens is 1. The van der Waals surface area contributed by atoms with E-state index in [0.29, 0.717) is 16.7 Å². The van der Waals surface area contributed by atoms with Crippen molar-refractivity contribution in [3.8, 4) is 0 Å². The SMILES string of the molecule is CC(C)C(C(=O)O)c1ccc2[nH]c(=O)oc2c1. The highest BCUT2D eigenvalue weighted by atomic mass is 16.4. The van der Waals surface area contributed by atoms with Crippen LogP contribution < -0.4 is 5.76 Å². The summed E-state index contributed by atoms with van der Waals surface area (Å²) >= 11 is 0. The van der Waals surface area contributed by atoms with Crippen LogP contribution in [-0.2, 0) is 4.79 Å². The van der Waals surface area contributed by atoms with Crippen molar-refractivity contribution >= 4 is 17.1 Å². The number of aromatic amines is 1. The van der Waals surface area contributed by atoms with Crippen LogP contribution in [0.1, 0.15) is 25.3 Å². The third kappa shape index (κ3) is 2.08. The van der Waals surface area contributed by atoms with Gasteiger partial charge in [0.25, 0.3) is 0 Å². The van der Waals surface area contributed by atoms with Crippen LogP contribution in [0.2, 0.25) is 0 Å². The number of hydrogen-bond donors (Lipinski definition) is 2. The molecule has 1 unspecified atom stereocenters. The largest absolute Gasteiger partial charge is 0.481 e. The molecule has 0 spiro atoms. The Hall–Kier alpha value is -2.04. The van der Waals surface area contributed by atoms with Crippen LogP contribution in [0.3, 0.4) is 0 Å². The van der Waals surface area contributed by atoms with Gasteiger partial charge in [0, 0.05) is 0 Å². The fourth-order valence-corrected chi connectivity index (χ4v) is 1.97. The summed E-state index contributed by atoms with van der Waals surface area (Å²) in [6, 6.07) is 4.96. The predicted octanol–water partition coefficient (Wildman–Crippen LogP) is 1.95. The van der Waals surface area contributed by atoms with Crippen molar-refractivity contribution in [1.29, 1.82) is 0 Å². The van der Waals surface area contributed by atoms with E-state index in [2.05, 4.69) is 4.98 Å². The van der Waals surface area contributed by atoms with Crippen molar-refractivity contribution in [3.63, 3.8) is 0 Å². The summed E-state index contributed by atoms with van der Waals surface area (Å²) in [6.07, 6.45) is 0. The first-order valence-electron chi connectivity index (χ1n) is 5.34. The van der Waals surface area contributed by atoms with E-state index in [4.69, 9.17) is 4.42 Å². The summed E-state index contributed by atoms with van der Waals surface area (Å²) in [7, 11) is 0. The molecule has 1 heterocycles.